The van der Waals surface area contributed by atoms with Gasteiger partial charge >= 0.3 is 0 Å². The van der Waals surface area contributed by atoms with E-state index in [9.17, 15) is 4.79 Å². The van der Waals surface area contributed by atoms with Gasteiger partial charge in [-0.05, 0) is 44.3 Å². The molecule has 0 saturated carbocycles. The lowest BCUT2D eigenvalue weighted by molar-refractivity contribution is -0.116. The van der Waals surface area contributed by atoms with Crippen LogP contribution in [-0.4, -0.2) is 10.9 Å². The van der Waals surface area contributed by atoms with Crippen LogP contribution in [0.25, 0.3) is 16.8 Å². The van der Waals surface area contributed by atoms with Crippen molar-refractivity contribution >= 4 is 11.4 Å². The van der Waals surface area contributed by atoms with Crippen molar-refractivity contribution in [2.75, 3.05) is 0 Å². The molecule has 0 spiro atoms. The molecule has 1 aliphatic carbocycles. The van der Waals surface area contributed by atoms with Crippen LogP contribution in [0.5, 0.6) is 0 Å². The molecule has 1 unspecified atom stereocenters. The number of hydrogen-bond donors (Lipinski definition) is 0. The standard InChI is InChI=1S/C20H21NO2/c1-12(2)16-10-17(13(3)18(22)11-16)19-14(4)23-21-20(19)15-8-6-5-7-9-15/h5-9,16H,1,10-11H2,2-4H3. The van der Waals surface area contributed by atoms with Crippen molar-refractivity contribution in [1.29, 1.82) is 0 Å². The zero-order valence-electron chi connectivity index (χ0n) is 13.8. The molecule has 3 rings (SSSR count). The summed E-state index contributed by atoms with van der Waals surface area (Å²) in [6.45, 7) is 9.85. The van der Waals surface area contributed by atoms with Crippen molar-refractivity contribution in [1.82, 2.24) is 5.16 Å². The van der Waals surface area contributed by atoms with Crippen molar-refractivity contribution < 1.29 is 9.32 Å². The van der Waals surface area contributed by atoms with E-state index in [0.29, 0.717) is 6.42 Å². The average Bonchev–Trinajstić information content (AvgIpc) is 2.92. The summed E-state index contributed by atoms with van der Waals surface area (Å²) in [4.78, 5) is 12.4. The first-order valence-electron chi connectivity index (χ1n) is 7.89. The maximum atomic E-state index is 12.4. The molecule has 118 valence electrons. The summed E-state index contributed by atoms with van der Waals surface area (Å²) >= 11 is 0. The fourth-order valence-electron chi connectivity index (χ4n) is 3.18. The normalized spacial score (nSPS) is 18.4. The summed E-state index contributed by atoms with van der Waals surface area (Å²) < 4.78 is 5.46. The molecule has 3 nitrogen and oxygen atoms in total. The molecule has 3 heteroatoms. The van der Waals surface area contributed by atoms with Crippen LogP contribution in [0.15, 0.2) is 52.6 Å². The third-order valence-corrected chi connectivity index (χ3v) is 4.66. The van der Waals surface area contributed by atoms with E-state index in [4.69, 9.17) is 4.52 Å². The number of rotatable bonds is 3. The van der Waals surface area contributed by atoms with Crippen LogP contribution < -0.4 is 0 Å². The van der Waals surface area contributed by atoms with Crippen LogP contribution in [0.3, 0.4) is 0 Å². The van der Waals surface area contributed by atoms with Crippen molar-refractivity contribution in [2.24, 2.45) is 5.92 Å². The molecule has 23 heavy (non-hydrogen) atoms. The lowest BCUT2D eigenvalue weighted by Crippen LogP contribution is -2.18. The van der Waals surface area contributed by atoms with Crippen LogP contribution in [0.2, 0.25) is 0 Å². The number of carbonyl (C=O) groups is 1. The fourth-order valence-corrected chi connectivity index (χ4v) is 3.18. The highest BCUT2D eigenvalue weighted by Gasteiger charge is 2.30. The Morgan fingerprint density at radius 2 is 1.91 bits per heavy atom. The van der Waals surface area contributed by atoms with Gasteiger partial charge in [-0.3, -0.25) is 4.79 Å². The number of aryl methyl sites for hydroxylation is 1. The molecule has 0 bridgehead atoms. The van der Waals surface area contributed by atoms with Crippen LogP contribution in [-0.2, 0) is 4.79 Å². The summed E-state index contributed by atoms with van der Waals surface area (Å²) in [6.07, 6.45) is 1.37. The van der Waals surface area contributed by atoms with Crippen molar-refractivity contribution in [3.63, 3.8) is 0 Å². The van der Waals surface area contributed by atoms with E-state index in [2.05, 4.69) is 11.7 Å². The topological polar surface area (TPSA) is 43.1 Å². The predicted octanol–water partition coefficient (Wildman–Crippen LogP) is 4.98. The van der Waals surface area contributed by atoms with Gasteiger partial charge in [-0.25, -0.2) is 0 Å². The smallest absolute Gasteiger partial charge is 0.159 e. The molecule has 1 aromatic heterocycles. The number of ketones is 1. The molecule has 0 radical (unpaired) electrons. The van der Waals surface area contributed by atoms with E-state index in [1.807, 2.05) is 51.1 Å². The predicted molar refractivity (Wildman–Crippen MR) is 91.8 cm³/mol. The van der Waals surface area contributed by atoms with Gasteiger partial charge in [-0.2, -0.15) is 0 Å². The Balaban J connectivity index is 2.15. The molecule has 1 aliphatic rings. The third-order valence-electron chi connectivity index (χ3n) is 4.66. The molecule has 0 aliphatic heterocycles. The van der Waals surface area contributed by atoms with Gasteiger partial charge in [0.2, 0.25) is 0 Å². The first-order valence-corrected chi connectivity index (χ1v) is 7.89. The SMILES string of the molecule is C=C(C)C1CC(=O)C(C)=C(c2c(-c3ccccc3)noc2C)C1. The molecule has 0 N–H and O–H groups in total. The van der Waals surface area contributed by atoms with Gasteiger partial charge in [0.1, 0.15) is 11.5 Å². The molecule has 0 amide bonds. The van der Waals surface area contributed by atoms with Crippen LogP contribution >= 0.6 is 0 Å². The van der Waals surface area contributed by atoms with Gasteiger partial charge < -0.3 is 4.52 Å². The maximum absolute atomic E-state index is 12.4. The molecular weight excluding hydrogens is 286 g/mol. The van der Waals surface area contributed by atoms with E-state index in [-0.39, 0.29) is 11.7 Å². The zero-order valence-corrected chi connectivity index (χ0v) is 13.8. The second kappa shape index (κ2) is 5.99. The maximum Gasteiger partial charge on any atom is 0.159 e. The monoisotopic (exact) mass is 307 g/mol. The first-order chi connectivity index (χ1) is 11.0. The second-order valence-corrected chi connectivity index (χ2v) is 6.31. The van der Waals surface area contributed by atoms with Crippen molar-refractivity contribution in [3.05, 3.63) is 59.4 Å². The molecule has 1 atom stereocenters. The lowest BCUT2D eigenvalue weighted by atomic mass is 9.77. The third kappa shape index (κ3) is 2.79. The highest BCUT2D eigenvalue weighted by molar-refractivity contribution is 6.05. The van der Waals surface area contributed by atoms with E-state index in [0.717, 1.165) is 45.7 Å². The molecule has 1 aromatic carbocycles. The number of benzene rings is 1. The summed E-state index contributed by atoms with van der Waals surface area (Å²) in [5.74, 6) is 1.14. The van der Waals surface area contributed by atoms with E-state index in [1.165, 1.54) is 0 Å². The number of hydrogen-bond acceptors (Lipinski definition) is 3. The van der Waals surface area contributed by atoms with Gasteiger partial charge in [0.15, 0.2) is 5.78 Å². The highest BCUT2D eigenvalue weighted by atomic mass is 16.5. The second-order valence-electron chi connectivity index (χ2n) is 6.31. The Morgan fingerprint density at radius 3 is 2.57 bits per heavy atom. The van der Waals surface area contributed by atoms with Gasteiger partial charge in [0.05, 0.1) is 0 Å². The summed E-state index contributed by atoms with van der Waals surface area (Å²) in [6, 6.07) is 9.96. The Morgan fingerprint density at radius 1 is 1.22 bits per heavy atom. The summed E-state index contributed by atoms with van der Waals surface area (Å²) in [5.41, 5.74) is 5.71. The van der Waals surface area contributed by atoms with E-state index >= 15 is 0 Å². The Bertz CT molecular complexity index is 796. The van der Waals surface area contributed by atoms with Gasteiger partial charge in [0, 0.05) is 17.5 Å². The Labute approximate surface area is 136 Å². The Hall–Kier alpha value is -2.42. The number of Topliss-reactive ketones (excluding diaryl/α,β-unsaturated/α-hetero) is 1. The minimum Gasteiger partial charge on any atom is -0.360 e. The van der Waals surface area contributed by atoms with Crippen molar-refractivity contribution in [3.8, 4) is 11.3 Å². The summed E-state index contributed by atoms with van der Waals surface area (Å²) in [5, 5.41) is 4.25. The number of carbonyl (C=O) groups excluding carboxylic acids is 1. The minimum absolute atomic E-state index is 0.193. The summed E-state index contributed by atoms with van der Waals surface area (Å²) in [7, 11) is 0. The van der Waals surface area contributed by atoms with E-state index in [1.54, 1.807) is 0 Å². The van der Waals surface area contributed by atoms with Gasteiger partial charge in [0.25, 0.3) is 0 Å². The largest absolute Gasteiger partial charge is 0.360 e. The van der Waals surface area contributed by atoms with Gasteiger partial charge in [-0.15, -0.1) is 0 Å². The fraction of sp³-hybridized carbons (Fsp3) is 0.300. The molecule has 0 fully saturated rings. The van der Waals surface area contributed by atoms with E-state index < -0.39 is 0 Å². The minimum atomic E-state index is 0.193. The van der Waals surface area contributed by atoms with Gasteiger partial charge in [-0.1, -0.05) is 47.6 Å². The highest BCUT2D eigenvalue weighted by Crippen LogP contribution is 2.41. The van der Waals surface area contributed by atoms with Crippen LogP contribution in [0.4, 0.5) is 0 Å². The average molecular weight is 307 g/mol. The lowest BCUT2D eigenvalue weighted by Gasteiger charge is -2.25. The number of allylic oxidation sites excluding steroid dienone is 3. The number of aromatic nitrogens is 1. The van der Waals surface area contributed by atoms with Crippen molar-refractivity contribution in [2.45, 2.75) is 33.6 Å². The Kier molecular flexibility index (Phi) is 4.03. The quantitative estimate of drug-likeness (QED) is 0.751. The van der Waals surface area contributed by atoms with Crippen LogP contribution in [0, 0.1) is 12.8 Å². The molecular formula is C20H21NO2. The molecule has 2 aromatic rings. The molecule has 0 saturated heterocycles. The zero-order chi connectivity index (χ0) is 16.6. The first kappa shape index (κ1) is 15.5. The van der Waals surface area contributed by atoms with Crippen LogP contribution in [0.1, 0.15) is 38.0 Å². The molecule has 1 heterocycles. The number of nitrogens with zero attached hydrogens (tertiary/aromatic N) is 1.